The van der Waals surface area contributed by atoms with Crippen LogP contribution in [0.5, 0.6) is 0 Å². The molecule has 0 aromatic carbocycles. The van der Waals surface area contributed by atoms with Crippen molar-refractivity contribution in [2.24, 2.45) is 0 Å². The van der Waals surface area contributed by atoms with E-state index in [9.17, 15) is 0 Å². The van der Waals surface area contributed by atoms with Crippen LogP contribution in [0.15, 0.2) is 0 Å². The fraction of sp³-hybridized carbons (Fsp3) is 0.588. The Bertz CT molecular complexity index is 251. The van der Waals surface area contributed by atoms with Crippen LogP contribution >= 0.6 is 0 Å². The van der Waals surface area contributed by atoms with E-state index in [1.165, 1.54) is 19.6 Å². The molecule has 11 heteroatoms. The number of quaternary nitrogens is 1. The van der Waals surface area contributed by atoms with E-state index in [4.69, 9.17) is 45.3 Å². The molecule has 164 valence electrons. The molecule has 0 radical (unpaired) electrons. The normalized spacial score (nSPS) is 5.29. The summed E-state index contributed by atoms with van der Waals surface area (Å²) in [5.74, 6) is 0. The third-order valence-electron chi connectivity index (χ3n) is 1.50. The van der Waals surface area contributed by atoms with Gasteiger partial charge >= 0.3 is 67.8 Å². The quantitative estimate of drug-likeness (QED) is 0.201. The molecule has 0 aromatic heterocycles. The second kappa shape index (κ2) is 131. The molecular formula is C17H26Fe2NO7S-. The van der Waals surface area contributed by atoms with E-state index in [1.54, 1.807) is 4.90 Å². The summed E-state index contributed by atoms with van der Waals surface area (Å²) in [5.41, 5.74) is 0. The van der Waals surface area contributed by atoms with Crippen molar-refractivity contribution in [3.63, 3.8) is 0 Å². The number of hydrogen-bond acceptors (Lipinski definition) is 2. The first kappa shape index (κ1) is 71.0. The van der Waals surface area contributed by atoms with Gasteiger partial charge < -0.3 is 22.3 Å². The summed E-state index contributed by atoms with van der Waals surface area (Å²) in [6, 6.07) is 0. The van der Waals surface area contributed by atoms with Crippen molar-refractivity contribution >= 4 is 19.4 Å². The molecular weight excluding hydrogens is 474 g/mol. The van der Waals surface area contributed by atoms with E-state index in [0.29, 0.717) is 0 Å². The zero-order valence-electron chi connectivity index (χ0n) is 16.7. The molecule has 0 aliphatic heterocycles. The molecule has 8 nitrogen and oxygen atoms in total. The van der Waals surface area contributed by atoms with Gasteiger partial charge in [0.05, 0.1) is 19.6 Å². The number of nitrogens with one attached hydrogen (secondary N) is 1. The molecule has 0 heterocycles. The summed E-state index contributed by atoms with van der Waals surface area (Å²) in [5, 5.41) is 0. The molecule has 0 fully saturated rings. The van der Waals surface area contributed by atoms with Crippen molar-refractivity contribution in [3.8, 4) is 0 Å². The van der Waals surface area contributed by atoms with Gasteiger partial charge in [-0.05, 0) is 20.8 Å². The largest absolute Gasteiger partial charge is 0.545 e. The summed E-state index contributed by atoms with van der Waals surface area (Å²) in [6.45, 7) is 46.7. The molecule has 1 N–H and O–H groups in total. The maximum Gasteiger partial charge on any atom is 0 e. The van der Waals surface area contributed by atoms with Gasteiger partial charge in [0, 0.05) is 34.1 Å². The van der Waals surface area contributed by atoms with Crippen molar-refractivity contribution in [3.05, 3.63) is 39.9 Å². The molecule has 0 aromatic rings. The van der Waals surface area contributed by atoms with Gasteiger partial charge in [-0.2, -0.15) is 4.75 Å². The monoisotopic (exact) mass is 500 g/mol. The van der Waals surface area contributed by atoms with Crippen molar-refractivity contribution < 1.29 is 71.7 Å². The molecule has 0 unspecified atom stereocenters. The van der Waals surface area contributed by atoms with Crippen molar-refractivity contribution in [1.29, 1.82) is 0 Å². The molecule has 0 saturated heterocycles. The van der Waals surface area contributed by atoms with E-state index in [0.717, 1.165) is 0 Å². The molecule has 0 saturated carbocycles. The second-order valence-corrected chi connectivity index (χ2v) is 5.15. The third-order valence-corrected chi connectivity index (χ3v) is 1.50. The Hall–Kier alpha value is -0.541. The number of rotatable bonds is 3. The SMILES string of the molecule is CC(C)(C)[S-].CC[NH+](CC)CC.[C-]#[O+].[C-]#[O+].[C-]#[O+].[C-]#[O+].[C-]#[O+].[C-]#[O+].[CH-]=O.[Fe].[Fe]. The van der Waals surface area contributed by atoms with Gasteiger partial charge in [0.2, 0.25) is 0 Å². The fourth-order valence-corrected chi connectivity index (χ4v) is 0.750. The van der Waals surface area contributed by atoms with E-state index in [-0.39, 0.29) is 38.9 Å². The Labute approximate surface area is 196 Å². The molecule has 0 rings (SSSR count). The van der Waals surface area contributed by atoms with Crippen LogP contribution in [0.4, 0.5) is 0 Å². The molecule has 0 bridgehead atoms. The van der Waals surface area contributed by atoms with Crippen molar-refractivity contribution in [2.75, 3.05) is 19.6 Å². The van der Waals surface area contributed by atoms with E-state index in [1.807, 2.05) is 20.8 Å². The average Bonchev–Trinajstić information content (AvgIpc) is 2.73. The topological polar surface area (TPSA) is 141 Å². The zero-order valence-corrected chi connectivity index (χ0v) is 19.7. The minimum atomic E-state index is 0. The number of hydrogen-bond donors (Lipinski definition) is 1. The van der Waals surface area contributed by atoms with Gasteiger partial charge in [0.25, 0.3) is 0 Å². The fourth-order valence-electron chi connectivity index (χ4n) is 0.750. The first-order valence-electron chi connectivity index (χ1n) is 6.35. The van der Waals surface area contributed by atoms with Crippen LogP contribution in [0.25, 0.3) is 0 Å². The van der Waals surface area contributed by atoms with Crippen LogP contribution in [0, 0.1) is 39.9 Å². The Morgan fingerprint density at radius 1 is 0.643 bits per heavy atom. The average molecular weight is 500 g/mol. The predicted octanol–water partition coefficient (Wildman–Crippen LogP) is 0.759. The van der Waals surface area contributed by atoms with Crippen molar-refractivity contribution in [1.82, 2.24) is 0 Å². The molecule has 28 heavy (non-hydrogen) atoms. The van der Waals surface area contributed by atoms with Gasteiger partial charge in [0.15, 0.2) is 0 Å². The molecule has 0 atom stereocenters. The van der Waals surface area contributed by atoms with Gasteiger partial charge in [-0.3, -0.25) is 6.79 Å². The van der Waals surface area contributed by atoms with Crippen LogP contribution in [0.2, 0.25) is 0 Å². The maximum atomic E-state index is 7.75. The summed E-state index contributed by atoms with van der Waals surface area (Å²) in [7, 11) is 0. The summed E-state index contributed by atoms with van der Waals surface area (Å²) < 4.78 is 45.1. The first-order valence-corrected chi connectivity index (χ1v) is 6.75. The molecule has 0 aliphatic rings. The van der Waals surface area contributed by atoms with Crippen LogP contribution in [0.3, 0.4) is 0 Å². The Morgan fingerprint density at radius 2 is 0.714 bits per heavy atom. The van der Waals surface area contributed by atoms with Crippen LogP contribution in [-0.2, 0) is 79.5 Å². The molecule has 0 amide bonds. The van der Waals surface area contributed by atoms with Crippen LogP contribution in [-0.4, -0.2) is 31.2 Å². The van der Waals surface area contributed by atoms with E-state index in [2.05, 4.69) is 67.5 Å². The first-order chi connectivity index (χ1) is 12.3. The van der Waals surface area contributed by atoms with Crippen LogP contribution in [0.1, 0.15) is 41.5 Å². The minimum absolute atomic E-state index is 0. The maximum absolute atomic E-state index is 7.75. The van der Waals surface area contributed by atoms with E-state index >= 15 is 0 Å². The summed E-state index contributed by atoms with van der Waals surface area (Å²) >= 11 is 4.83. The Kier molecular flexibility index (Phi) is 331. The third kappa shape index (κ3) is 511. The van der Waals surface area contributed by atoms with Gasteiger partial charge in [-0.25, -0.2) is 0 Å². The van der Waals surface area contributed by atoms with Gasteiger partial charge in [-0.1, -0.05) is 20.8 Å². The smallest absolute Gasteiger partial charge is 0 e. The summed E-state index contributed by atoms with van der Waals surface area (Å²) in [4.78, 5) is 9.43. The van der Waals surface area contributed by atoms with Gasteiger partial charge in [0.1, 0.15) is 0 Å². The molecule has 0 spiro atoms. The minimum Gasteiger partial charge on any atom is -0.545 e. The zero-order chi connectivity index (χ0) is 24.2. The van der Waals surface area contributed by atoms with Crippen LogP contribution < -0.4 is 4.90 Å². The standard InChI is InChI=1S/C6H15N.C4H10S.CHO.6CO.2Fe/c1-4-7(5-2)6-3;1-4(2,3)5;7*1-2;;/h4-6H2,1-3H3;5H,1-3H3;1H;;;;;;;;/q;;-1;;;;;;;;. The van der Waals surface area contributed by atoms with Crippen molar-refractivity contribution in [2.45, 2.75) is 46.3 Å². The van der Waals surface area contributed by atoms with E-state index < -0.39 is 0 Å². The molecule has 0 aliphatic carbocycles. The second-order valence-electron chi connectivity index (χ2n) is 3.92. The predicted molar refractivity (Wildman–Crippen MR) is 90.0 cm³/mol. The Morgan fingerprint density at radius 3 is 0.714 bits per heavy atom. The number of carbonyl (C=O) groups excluding carboxylic acids is 1. The summed E-state index contributed by atoms with van der Waals surface area (Å²) in [6.07, 6.45) is 0. The Balaban J connectivity index is -0.0000000138. The van der Waals surface area contributed by atoms with Gasteiger partial charge in [-0.15, -0.1) is 0 Å².